The minimum atomic E-state index is -0.431. The number of aryl methyl sites for hydroxylation is 1. The average Bonchev–Trinajstić information content (AvgIpc) is 2.84. The van der Waals surface area contributed by atoms with Crippen molar-refractivity contribution in [3.8, 4) is 0 Å². The van der Waals surface area contributed by atoms with Crippen molar-refractivity contribution in [1.29, 1.82) is 0 Å². The van der Waals surface area contributed by atoms with Gasteiger partial charge in [-0.1, -0.05) is 0 Å². The minimum Gasteiger partial charge on any atom is -0.207 e. The van der Waals surface area contributed by atoms with Crippen LogP contribution in [-0.4, -0.2) is 0 Å². The summed E-state index contributed by atoms with van der Waals surface area (Å²) in [6.07, 6.45) is 2.09. The van der Waals surface area contributed by atoms with E-state index in [0.29, 0.717) is 5.92 Å². The van der Waals surface area contributed by atoms with Crippen LogP contribution in [0.3, 0.4) is 0 Å². The molecule has 1 fully saturated rings. The second-order valence-electron chi connectivity index (χ2n) is 3.80. The number of halogens is 2. The highest BCUT2D eigenvalue weighted by molar-refractivity contribution is 5.38. The Morgan fingerprint density at radius 3 is 2.38 bits per heavy atom. The normalized spacial score (nSPS) is 16.3. The lowest BCUT2D eigenvalue weighted by atomic mass is 10.0. The molecule has 0 N–H and O–H groups in total. The standard InChI is InChI=1S/C11H12F2/c1-6-5-9(12)7(2)11(13)10(6)8-3-4-8/h5,8H,3-4H2,1-2H3. The quantitative estimate of drug-likeness (QED) is 0.624. The number of rotatable bonds is 1. The monoisotopic (exact) mass is 182 g/mol. The third kappa shape index (κ3) is 1.34. The van der Waals surface area contributed by atoms with Gasteiger partial charge in [0.15, 0.2) is 0 Å². The van der Waals surface area contributed by atoms with Crippen LogP contribution in [0.15, 0.2) is 6.07 Å². The van der Waals surface area contributed by atoms with Crippen LogP contribution in [0.5, 0.6) is 0 Å². The zero-order valence-corrected chi connectivity index (χ0v) is 7.82. The Hall–Kier alpha value is -0.920. The van der Waals surface area contributed by atoms with Crippen molar-refractivity contribution >= 4 is 0 Å². The van der Waals surface area contributed by atoms with Gasteiger partial charge in [-0.05, 0) is 49.8 Å². The third-order valence-electron chi connectivity index (χ3n) is 2.68. The molecule has 0 heterocycles. The zero-order chi connectivity index (χ0) is 9.59. The summed E-state index contributed by atoms with van der Waals surface area (Å²) < 4.78 is 26.6. The van der Waals surface area contributed by atoms with Gasteiger partial charge in [0, 0.05) is 5.56 Å². The molecule has 0 unspecified atom stereocenters. The van der Waals surface area contributed by atoms with Gasteiger partial charge in [0.25, 0.3) is 0 Å². The molecule has 0 atom stereocenters. The second kappa shape index (κ2) is 2.79. The molecule has 0 radical (unpaired) electrons. The Morgan fingerprint density at radius 1 is 1.23 bits per heavy atom. The molecule has 13 heavy (non-hydrogen) atoms. The van der Waals surface area contributed by atoms with Gasteiger partial charge < -0.3 is 0 Å². The van der Waals surface area contributed by atoms with E-state index in [1.54, 1.807) is 6.92 Å². The first-order valence-corrected chi connectivity index (χ1v) is 4.56. The molecular formula is C11H12F2. The van der Waals surface area contributed by atoms with Crippen LogP contribution in [0, 0.1) is 25.5 Å². The van der Waals surface area contributed by atoms with Gasteiger partial charge in [0.1, 0.15) is 11.6 Å². The van der Waals surface area contributed by atoms with E-state index in [0.717, 1.165) is 24.0 Å². The predicted octanol–water partition coefficient (Wildman–Crippen LogP) is 3.46. The van der Waals surface area contributed by atoms with Crippen molar-refractivity contribution in [2.75, 3.05) is 0 Å². The lowest BCUT2D eigenvalue weighted by Gasteiger charge is -2.09. The molecule has 1 aromatic carbocycles. The third-order valence-corrected chi connectivity index (χ3v) is 2.68. The lowest BCUT2D eigenvalue weighted by molar-refractivity contribution is 0.555. The average molecular weight is 182 g/mol. The summed E-state index contributed by atoms with van der Waals surface area (Å²) >= 11 is 0. The van der Waals surface area contributed by atoms with E-state index in [4.69, 9.17) is 0 Å². The fourth-order valence-corrected chi connectivity index (χ4v) is 1.73. The molecule has 1 aromatic rings. The molecule has 1 aliphatic carbocycles. The summed E-state index contributed by atoms with van der Waals surface area (Å²) in [4.78, 5) is 0. The largest absolute Gasteiger partial charge is 0.207 e. The summed E-state index contributed by atoms with van der Waals surface area (Å²) in [7, 11) is 0. The molecule has 70 valence electrons. The topological polar surface area (TPSA) is 0 Å². The summed E-state index contributed by atoms with van der Waals surface area (Å²) in [5.41, 5.74) is 1.65. The van der Waals surface area contributed by atoms with Gasteiger partial charge >= 0.3 is 0 Å². The number of hydrogen-bond donors (Lipinski definition) is 0. The van der Waals surface area contributed by atoms with Crippen molar-refractivity contribution < 1.29 is 8.78 Å². The Morgan fingerprint density at radius 2 is 1.85 bits per heavy atom. The van der Waals surface area contributed by atoms with E-state index < -0.39 is 5.82 Å². The Kier molecular flexibility index (Phi) is 1.86. The molecule has 1 saturated carbocycles. The molecule has 2 rings (SSSR count). The van der Waals surface area contributed by atoms with Gasteiger partial charge in [0.05, 0.1) is 0 Å². The smallest absolute Gasteiger partial charge is 0.132 e. The fraction of sp³-hybridized carbons (Fsp3) is 0.455. The van der Waals surface area contributed by atoms with Gasteiger partial charge in [-0.2, -0.15) is 0 Å². The van der Waals surface area contributed by atoms with Crippen LogP contribution in [0.25, 0.3) is 0 Å². The molecule has 0 aliphatic heterocycles. The van der Waals surface area contributed by atoms with E-state index >= 15 is 0 Å². The van der Waals surface area contributed by atoms with Crippen LogP contribution in [0.4, 0.5) is 8.78 Å². The maximum atomic E-state index is 13.6. The molecule has 0 saturated heterocycles. The molecule has 1 aliphatic rings. The number of hydrogen-bond acceptors (Lipinski definition) is 0. The maximum Gasteiger partial charge on any atom is 0.132 e. The first-order valence-electron chi connectivity index (χ1n) is 4.56. The van der Waals surface area contributed by atoms with Crippen molar-refractivity contribution in [3.63, 3.8) is 0 Å². The summed E-state index contributed by atoms with van der Waals surface area (Å²) in [6, 6.07) is 1.44. The Labute approximate surface area is 76.6 Å². The first-order chi connectivity index (χ1) is 6.11. The van der Waals surface area contributed by atoms with Crippen molar-refractivity contribution in [2.45, 2.75) is 32.6 Å². The zero-order valence-electron chi connectivity index (χ0n) is 7.82. The molecule has 0 spiro atoms. The summed E-state index contributed by atoms with van der Waals surface area (Å²) in [5.74, 6) is -0.418. The van der Waals surface area contributed by atoms with Crippen molar-refractivity contribution in [3.05, 3.63) is 34.4 Å². The van der Waals surface area contributed by atoms with Crippen LogP contribution >= 0.6 is 0 Å². The lowest BCUT2D eigenvalue weighted by Crippen LogP contribution is -1.98. The molecule has 0 nitrogen and oxygen atoms in total. The Balaban J connectivity index is 2.60. The molecule has 0 amide bonds. The highest BCUT2D eigenvalue weighted by atomic mass is 19.1. The van der Waals surface area contributed by atoms with Crippen LogP contribution in [-0.2, 0) is 0 Å². The van der Waals surface area contributed by atoms with E-state index in [2.05, 4.69) is 0 Å². The van der Waals surface area contributed by atoms with Gasteiger partial charge in [-0.25, -0.2) is 8.78 Å². The van der Waals surface area contributed by atoms with Gasteiger partial charge in [-0.15, -0.1) is 0 Å². The van der Waals surface area contributed by atoms with E-state index in [1.165, 1.54) is 13.0 Å². The fourth-order valence-electron chi connectivity index (χ4n) is 1.73. The minimum absolute atomic E-state index is 0.160. The van der Waals surface area contributed by atoms with Gasteiger partial charge in [-0.3, -0.25) is 0 Å². The second-order valence-corrected chi connectivity index (χ2v) is 3.80. The van der Waals surface area contributed by atoms with Crippen molar-refractivity contribution in [2.24, 2.45) is 0 Å². The summed E-state index contributed by atoms with van der Waals surface area (Å²) in [6.45, 7) is 3.27. The first kappa shape index (κ1) is 8.67. The molecule has 2 heteroatoms. The number of benzene rings is 1. The predicted molar refractivity (Wildman–Crippen MR) is 47.8 cm³/mol. The highest BCUT2D eigenvalue weighted by Gasteiger charge is 2.29. The van der Waals surface area contributed by atoms with Gasteiger partial charge in [0.2, 0.25) is 0 Å². The molecular weight excluding hydrogens is 170 g/mol. The van der Waals surface area contributed by atoms with Crippen LogP contribution in [0.2, 0.25) is 0 Å². The Bertz CT molecular complexity index is 352. The maximum absolute atomic E-state index is 13.6. The van der Waals surface area contributed by atoms with Crippen LogP contribution < -0.4 is 0 Å². The summed E-state index contributed by atoms with van der Waals surface area (Å²) in [5, 5.41) is 0. The van der Waals surface area contributed by atoms with Crippen LogP contribution in [0.1, 0.15) is 35.4 Å². The van der Waals surface area contributed by atoms with Crippen molar-refractivity contribution in [1.82, 2.24) is 0 Å². The molecule has 0 aromatic heterocycles. The highest BCUT2D eigenvalue weighted by Crippen LogP contribution is 2.43. The van der Waals surface area contributed by atoms with E-state index in [-0.39, 0.29) is 11.4 Å². The van der Waals surface area contributed by atoms with E-state index in [1.807, 2.05) is 0 Å². The van der Waals surface area contributed by atoms with E-state index in [9.17, 15) is 8.78 Å². The SMILES string of the molecule is Cc1cc(F)c(C)c(F)c1C1CC1. The molecule has 0 bridgehead atoms.